The van der Waals surface area contributed by atoms with Crippen LogP contribution in [0.1, 0.15) is 37.8 Å². The Bertz CT molecular complexity index is 702. The van der Waals surface area contributed by atoms with Crippen LogP contribution in [0.5, 0.6) is 0 Å². The lowest BCUT2D eigenvalue weighted by Crippen LogP contribution is -2.42. The number of aliphatic carboxylic acids is 1. The zero-order valence-corrected chi connectivity index (χ0v) is 16.7. The van der Waals surface area contributed by atoms with E-state index in [0.717, 1.165) is 22.9 Å². The Morgan fingerprint density at radius 1 is 1.21 bits per heavy atom. The fourth-order valence-corrected chi connectivity index (χ4v) is 3.65. The molecule has 1 rings (SSSR count). The van der Waals surface area contributed by atoms with Crippen molar-refractivity contribution in [2.75, 3.05) is 11.5 Å². The van der Waals surface area contributed by atoms with E-state index in [1.807, 2.05) is 32.1 Å². The highest BCUT2D eigenvalue weighted by atomic mass is 32.2. The second-order valence-corrected chi connectivity index (χ2v) is 7.50. The van der Waals surface area contributed by atoms with Crippen LogP contribution in [0.2, 0.25) is 0 Å². The van der Waals surface area contributed by atoms with Crippen molar-refractivity contribution in [2.45, 2.75) is 44.5 Å². The van der Waals surface area contributed by atoms with Crippen LogP contribution in [0.25, 0.3) is 5.57 Å². The molecule has 0 aliphatic rings. The second-order valence-electron chi connectivity index (χ2n) is 6.28. The van der Waals surface area contributed by atoms with E-state index in [-0.39, 0.29) is 17.7 Å². The van der Waals surface area contributed by atoms with Crippen molar-refractivity contribution in [3.05, 3.63) is 53.6 Å². The topological polar surface area (TPSA) is 83.5 Å². The first-order valence-electron chi connectivity index (χ1n) is 8.82. The van der Waals surface area contributed by atoms with Gasteiger partial charge in [-0.2, -0.15) is 24.9 Å². The summed E-state index contributed by atoms with van der Waals surface area (Å²) >= 11 is 1.13. The Hall–Kier alpha value is -1.77. The summed E-state index contributed by atoms with van der Waals surface area (Å²) in [6, 6.07) is 4.65. The quantitative estimate of drug-likeness (QED) is 0.390. The normalized spacial score (nSPS) is 16.2. The molecular weight excluding hydrogens is 391 g/mol. The minimum Gasteiger partial charge on any atom is -0.480 e. The van der Waals surface area contributed by atoms with Crippen molar-refractivity contribution in [3.63, 3.8) is 0 Å². The Kier molecular flexibility index (Phi) is 9.26. The van der Waals surface area contributed by atoms with Gasteiger partial charge in [-0.1, -0.05) is 42.5 Å². The van der Waals surface area contributed by atoms with Gasteiger partial charge in [0.15, 0.2) is 5.60 Å². The molecule has 156 valence electrons. The maximum absolute atomic E-state index is 13.6. The van der Waals surface area contributed by atoms with E-state index in [2.05, 4.69) is 0 Å². The number of halogens is 3. The van der Waals surface area contributed by atoms with Crippen LogP contribution in [0.15, 0.2) is 42.5 Å². The van der Waals surface area contributed by atoms with Gasteiger partial charge in [0.2, 0.25) is 0 Å². The molecule has 0 spiro atoms. The van der Waals surface area contributed by atoms with Crippen molar-refractivity contribution in [2.24, 2.45) is 5.73 Å². The van der Waals surface area contributed by atoms with Gasteiger partial charge < -0.3 is 15.9 Å². The Morgan fingerprint density at radius 2 is 1.82 bits per heavy atom. The number of rotatable bonds is 10. The van der Waals surface area contributed by atoms with Crippen LogP contribution >= 0.6 is 11.8 Å². The van der Waals surface area contributed by atoms with Gasteiger partial charge in [-0.05, 0) is 54.9 Å². The maximum atomic E-state index is 13.6. The van der Waals surface area contributed by atoms with Gasteiger partial charge in [-0.15, -0.1) is 0 Å². The van der Waals surface area contributed by atoms with E-state index in [4.69, 9.17) is 10.8 Å². The lowest BCUT2D eigenvalue weighted by molar-refractivity contribution is -0.267. The second kappa shape index (κ2) is 10.7. The maximum Gasteiger partial charge on any atom is 0.421 e. The number of benzene rings is 1. The van der Waals surface area contributed by atoms with E-state index < -0.39 is 30.2 Å². The van der Waals surface area contributed by atoms with Crippen molar-refractivity contribution in [3.8, 4) is 0 Å². The van der Waals surface area contributed by atoms with Crippen molar-refractivity contribution >= 4 is 23.3 Å². The fourth-order valence-electron chi connectivity index (χ4n) is 2.58. The minimum absolute atomic E-state index is 0.0167. The van der Waals surface area contributed by atoms with Crippen molar-refractivity contribution in [1.29, 1.82) is 0 Å². The predicted molar refractivity (Wildman–Crippen MR) is 107 cm³/mol. The van der Waals surface area contributed by atoms with Gasteiger partial charge in [0.05, 0.1) is 0 Å². The number of allylic oxidation sites excluding steroid dienone is 4. The summed E-state index contributed by atoms with van der Waals surface area (Å²) in [5, 5.41) is 19.1. The Labute approximate surface area is 167 Å². The molecule has 0 heterocycles. The zero-order valence-electron chi connectivity index (χ0n) is 15.9. The van der Waals surface area contributed by atoms with Crippen molar-refractivity contribution < 1.29 is 28.2 Å². The molecule has 0 saturated carbocycles. The van der Waals surface area contributed by atoms with Gasteiger partial charge in [0, 0.05) is 0 Å². The average molecular weight is 417 g/mol. The van der Waals surface area contributed by atoms with Crippen molar-refractivity contribution in [1.82, 2.24) is 0 Å². The van der Waals surface area contributed by atoms with E-state index >= 15 is 0 Å². The average Bonchev–Trinajstić information content (AvgIpc) is 2.64. The highest BCUT2D eigenvalue weighted by Crippen LogP contribution is 2.42. The van der Waals surface area contributed by atoms with Crippen LogP contribution in [0, 0.1) is 0 Å². The standard InChI is InChI=1S/C20H26F3NO3S/c1-3-5-14(4-2)15-6-8-16(9-7-15)19(27,20(21,22)23)11-13-28-12-10-17(24)18(25)26/h3-9,17,27H,10-13,24H2,1-2H3,(H,25,26)/b5-3-,14-4+. The monoisotopic (exact) mass is 417 g/mol. The molecule has 0 radical (unpaired) electrons. The molecule has 0 saturated heterocycles. The molecule has 2 atom stereocenters. The molecule has 0 aliphatic carbocycles. The molecular formula is C20H26F3NO3S. The molecule has 0 bridgehead atoms. The first-order valence-corrected chi connectivity index (χ1v) is 9.97. The first-order chi connectivity index (χ1) is 13.1. The van der Waals surface area contributed by atoms with Crippen LogP contribution in [-0.4, -0.2) is 39.9 Å². The fraction of sp³-hybridized carbons (Fsp3) is 0.450. The lowest BCUT2D eigenvalue weighted by atomic mass is 9.89. The molecule has 1 aromatic carbocycles. The summed E-state index contributed by atoms with van der Waals surface area (Å²) < 4.78 is 40.8. The largest absolute Gasteiger partial charge is 0.480 e. The van der Waals surface area contributed by atoms with Crippen LogP contribution < -0.4 is 5.73 Å². The third kappa shape index (κ3) is 6.39. The zero-order chi connectivity index (χ0) is 21.4. The van der Waals surface area contributed by atoms with E-state index in [1.165, 1.54) is 12.1 Å². The first kappa shape index (κ1) is 24.3. The Balaban J connectivity index is 2.88. The summed E-state index contributed by atoms with van der Waals surface area (Å²) in [4.78, 5) is 10.6. The third-order valence-corrected chi connectivity index (χ3v) is 5.34. The number of carboxylic acids is 1. The summed E-state index contributed by atoms with van der Waals surface area (Å²) in [6.07, 6.45) is 0.319. The van der Waals surface area contributed by atoms with Crippen LogP contribution in [0.4, 0.5) is 13.2 Å². The molecule has 4 nitrogen and oxygen atoms in total. The predicted octanol–water partition coefficient (Wildman–Crippen LogP) is 4.34. The minimum atomic E-state index is -4.83. The highest BCUT2D eigenvalue weighted by Gasteiger charge is 2.54. The van der Waals surface area contributed by atoms with Gasteiger partial charge in [0.1, 0.15) is 6.04 Å². The molecule has 8 heteroatoms. The summed E-state index contributed by atoms with van der Waals surface area (Å²) in [6.45, 7) is 3.68. The molecule has 0 fully saturated rings. The highest BCUT2D eigenvalue weighted by molar-refractivity contribution is 7.99. The molecule has 0 aliphatic heterocycles. The lowest BCUT2D eigenvalue weighted by Gasteiger charge is -2.31. The number of carbonyl (C=O) groups is 1. The third-order valence-electron chi connectivity index (χ3n) is 4.32. The number of nitrogens with two attached hydrogens (primary N) is 1. The number of thioether (sulfide) groups is 1. The van der Waals surface area contributed by atoms with Crippen LogP contribution in [-0.2, 0) is 10.4 Å². The summed E-state index contributed by atoms with van der Waals surface area (Å²) in [5.41, 5.74) is 3.80. The van der Waals surface area contributed by atoms with Crippen LogP contribution in [0.3, 0.4) is 0 Å². The number of alkyl halides is 3. The molecule has 2 unspecified atom stereocenters. The summed E-state index contributed by atoms with van der Waals surface area (Å²) in [7, 11) is 0. The Morgan fingerprint density at radius 3 is 2.29 bits per heavy atom. The number of carboxylic acid groups (broad SMARTS) is 1. The van der Waals surface area contributed by atoms with E-state index in [9.17, 15) is 23.1 Å². The van der Waals surface area contributed by atoms with E-state index in [0.29, 0.717) is 5.75 Å². The number of hydrogen-bond donors (Lipinski definition) is 3. The molecule has 0 aromatic heterocycles. The van der Waals surface area contributed by atoms with Gasteiger partial charge in [-0.3, -0.25) is 4.79 Å². The van der Waals surface area contributed by atoms with Gasteiger partial charge in [-0.25, -0.2) is 0 Å². The van der Waals surface area contributed by atoms with Gasteiger partial charge in [0.25, 0.3) is 0 Å². The number of hydrogen-bond acceptors (Lipinski definition) is 4. The van der Waals surface area contributed by atoms with E-state index in [1.54, 1.807) is 12.1 Å². The smallest absolute Gasteiger partial charge is 0.421 e. The number of aliphatic hydroxyl groups is 1. The summed E-state index contributed by atoms with van der Waals surface area (Å²) in [5.74, 6) is -0.831. The molecule has 28 heavy (non-hydrogen) atoms. The molecule has 1 aromatic rings. The van der Waals surface area contributed by atoms with Gasteiger partial charge >= 0.3 is 12.1 Å². The molecule has 0 amide bonds. The molecule has 4 N–H and O–H groups in total. The SMILES string of the molecule is C/C=C\C(=C/C)c1ccc(C(O)(CCSCCC(N)C(=O)O)C(F)(F)F)cc1.